The third-order valence-corrected chi connectivity index (χ3v) is 2.29. The van der Waals surface area contributed by atoms with Crippen LogP contribution in [0.5, 0.6) is 5.75 Å². The van der Waals surface area contributed by atoms with Gasteiger partial charge < -0.3 is 5.11 Å². The summed E-state index contributed by atoms with van der Waals surface area (Å²) in [7, 11) is 0. The fourth-order valence-corrected chi connectivity index (χ4v) is 1.63. The minimum Gasteiger partial charge on any atom is -0.508 e. The van der Waals surface area contributed by atoms with E-state index in [1.807, 2.05) is 23.6 Å². The van der Waals surface area contributed by atoms with Gasteiger partial charge in [0.1, 0.15) is 5.75 Å². The van der Waals surface area contributed by atoms with Gasteiger partial charge in [-0.3, -0.25) is 0 Å². The SMILES string of the molecule is Oc1ccc(-c2c[c]sc2)cc1. The molecular formula is C10H7OS. The average molecular weight is 175 g/mol. The number of rotatable bonds is 1. The van der Waals surface area contributed by atoms with Crippen molar-refractivity contribution >= 4 is 11.3 Å². The molecule has 1 N–H and O–H groups in total. The zero-order valence-electron chi connectivity index (χ0n) is 6.32. The van der Waals surface area contributed by atoms with Crippen molar-refractivity contribution in [2.24, 2.45) is 0 Å². The number of hydrogen-bond donors (Lipinski definition) is 1. The van der Waals surface area contributed by atoms with Crippen molar-refractivity contribution in [2.45, 2.75) is 0 Å². The van der Waals surface area contributed by atoms with E-state index < -0.39 is 0 Å². The van der Waals surface area contributed by atoms with Crippen LogP contribution in [0.4, 0.5) is 0 Å². The van der Waals surface area contributed by atoms with E-state index in [1.54, 1.807) is 23.5 Å². The Morgan fingerprint density at radius 3 is 2.42 bits per heavy atom. The maximum atomic E-state index is 9.05. The first-order valence-electron chi connectivity index (χ1n) is 3.60. The number of phenolic OH excluding ortho intramolecular Hbond substituents is 1. The molecule has 1 heterocycles. The molecule has 0 saturated heterocycles. The van der Waals surface area contributed by atoms with Crippen molar-refractivity contribution in [3.8, 4) is 16.9 Å². The van der Waals surface area contributed by atoms with Crippen LogP contribution in [-0.2, 0) is 0 Å². The fraction of sp³-hybridized carbons (Fsp3) is 0. The molecule has 1 nitrogen and oxygen atoms in total. The first-order chi connectivity index (χ1) is 5.86. The third-order valence-electron chi connectivity index (χ3n) is 1.67. The molecule has 1 radical (unpaired) electrons. The van der Waals surface area contributed by atoms with Crippen LogP contribution in [-0.4, -0.2) is 5.11 Å². The van der Waals surface area contributed by atoms with E-state index in [2.05, 4.69) is 5.38 Å². The molecule has 0 aliphatic heterocycles. The largest absolute Gasteiger partial charge is 0.508 e. The molecule has 59 valence electrons. The highest BCUT2D eigenvalue weighted by atomic mass is 32.1. The molecule has 0 saturated carbocycles. The third kappa shape index (κ3) is 1.34. The summed E-state index contributed by atoms with van der Waals surface area (Å²) in [5.41, 5.74) is 2.27. The molecule has 2 rings (SSSR count). The smallest absolute Gasteiger partial charge is 0.115 e. The molecule has 0 spiro atoms. The molecule has 0 amide bonds. The minimum absolute atomic E-state index is 0.304. The average Bonchev–Trinajstić information content (AvgIpc) is 2.58. The summed E-state index contributed by atoms with van der Waals surface area (Å²) in [6.45, 7) is 0. The Morgan fingerprint density at radius 1 is 1.08 bits per heavy atom. The number of hydrogen-bond acceptors (Lipinski definition) is 2. The lowest BCUT2D eigenvalue weighted by Gasteiger charge is -1.96. The van der Waals surface area contributed by atoms with E-state index in [9.17, 15) is 0 Å². The standard InChI is InChI=1S/C10H7OS/c11-10-3-1-8(2-4-10)9-5-6-12-7-9/h1-5,7,11H. The normalized spacial score (nSPS) is 10.0. The van der Waals surface area contributed by atoms with Gasteiger partial charge >= 0.3 is 0 Å². The minimum atomic E-state index is 0.304. The first kappa shape index (κ1) is 7.37. The topological polar surface area (TPSA) is 20.2 Å². The van der Waals surface area contributed by atoms with Gasteiger partial charge in [0.25, 0.3) is 0 Å². The summed E-state index contributed by atoms with van der Waals surface area (Å²) in [6.07, 6.45) is 0. The molecule has 0 aliphatic rings. The lowest BCUT2D eigenvalue weighted by atomic mass is 10.1. The Bertz CT molecular complexity index is 348. The summed E-state index contributed by atoms with van der Waals surface area (Å²) >= 11 is 1.55. The Balaban J connectivity index is 2.43. The summed E-state index contributed by atoms with van der Waals surface area (Å²) < 4.78 is 0. The van der Waals surface area contributed by atoms with Crippen LogP contribution in [0.15, 0.2) is 35.7 Å². The van der Waals surface area contributed by atoms with Crippen molar-refractivity contribution in [1.82, 2.24) is 0 Å². The molecule has 12 heavy (non-hydrogen) atoms. The number of thiophene rings is 1. The quantitative estimate of drug-likeness (QED) is 0.706. The van der Waals surface area contributed by atoms with Gasteiger partial charge in [0.2, 0.25) is 0 Å². The van der Waals surface area contributed by atoms with Gasteiger partial charge in [-0.25, -0.2) is 0 Å². The highest BCUT2D eigenvalue weighted by Gasteiger charge is 1.96. The van der Waals surface area contributed by atoms with E-state index in [0.29, 0.717) is 5.75 Å². The zero-order chi connectivity index (χ0) is 8.39. The molecule has 0 unspecified atom stereocenters. The van der Waals surface area contributed by atoms with E-state index in [0.717, 1.165) is 11.1 Å². The summed E-state index contributed by atoms with van der Waals surface area (Å²) in [5.74, 6) is 0.304. The Kier molecular flexibility index (Phi) is 1.84. The van der Waals surface area contributed by atoms with Gasteiger partial charge in [0.05, 0.1) is 0 Å². The van der Waals surface area contributed by atoms with E-state index in [-0.39, 0.29) is 0 Å². The van der Waals surface area contributed by atoms with Gasteiger partial charge in [-0.2, -0.15) is 0 Å². The Morgan fingerprint density at radius 2 is 1.83 bits per heavy atom. The lowest BCUT2D eigenvalue weighted by Crippen LogP contribution is -1.70. The predicted octanol–water partition coefficient (Wildman–Crippen LogP) is 2.92. The van der Waals surface area contributed by atoms with E-state index in [4.69, 9.17) is 5.11 Å². The Labute approximate surface area is 74.9 Å². The van der Waals surface area contributed by atoms with Gasteiger partial charge in [-0.1, -0.05) is 12.1 Å². The molecule has 0 bridgehead atoms. The zero-order valence-corrected chi connectivity index (χ0v) is 7.14. The monoisotopic (exact) mass is 175 g/mol. The molecule has 0 aliphatic carbocycles. The summed E-state index contributed by atoms with van der Waals surface area (Å²) in [5, 5.41) is 14.1. The van der Waals surface area contributed by atoms with Crippen molar-refractivity contribution in [1.29, 1.82) is 0 Å². The van der Waals surface area contributed by atoms with Crippen molar-refractivity contribution in [3.63, 3.8) is 0 Å². The molecule has 1 aromatic carbocycles. The van der Waals surface area contributed by atoms with E-state index in [1.165, 1.54) is 0 Å². The number of phenols is 1. The maximum absolute atomic E-state index is 9.05. The molecule has 2 heteroatoms. The van der Waals surface area contributed by atoms with Crippen LogP contribution in [0, 0.1) is 5.38 Å². The molecule has 2 aromatic rings. The molecule has 1 aromatic heterocycles. The molecule has 0 atom stereocenters. The second kappa shape index (κ2) is 2.99. The highest BCUT2D eigenvalue weighted by molar-refractivity contribution is 7.07. The number of benzene rings is 1. The second-order valence-corrected chi connectivity index (χ2v) is 3.21. The van der Waals surface area contributed by atoms with Crippen molar-refractivity contribution < 1.29 is 5.11 Å². The summed E-state index contributed by atoms with van der Waals surface area (Å²) in [4.78, 5) is 0. The lowest BCUT2D eigenvalue weighted by molar-refractivity contribution is 0.475. The highest BCUT2D eigenvalue weighted by Crippen LogP contribution is 2.23. The maximum Gasteiger partial charge on any atom is 0.115 e. The summed E-state index contributed by atoms with van der Waals surface area (Å²) in [6, 6.07) is 9.10. The first-order valence-corrected chi connectivity index (χ1v) is 4.48. The van der Waals surface area contributed by atoms with Gasteiger partial charge in [0.15, 0.2) is 0 Å². The van der Waals surface area contributed by atoms with Gasteiger partial charge in [0, 0.05) is 5.38 Å². The van der Waals surface area contributed by atoms with Gasteiger partial charge in [-0.05, 0) is 34.7 Å². The van der Waals surface area contributed by atoms with Crippen LogP contribution >= 0.6 is 11.3 Å². The fourth-order valence-electron chi connectivity index (χ4n) is 1.03. The van der Waals surface area contributed by atoms with E-state index >= 15 is 0 Å². The second-order valence-electron chi connectivity index (χ2n) is 2.50. The van der Waals surface area contributed by atoms with Crippen molar-refractivity contribution in [2.75, 3.05) is 0 Å². The van der Waals surface area contributed by atoms with Crippen LogP contribution in [0.2, 0.25) is 0 Å². The van der Waals surface area contributed by atoms with Crippen LogP contribution in [0.25, 0.3) is 11.1 Å². The van der Waals surface area contributed by atoms with Crippen molar-refractivity contribution in [3.05, 3.63) is 41.1 Å². The van der Waals surface area contributed by atoms with Crippen LogP contribution in [0.3, 0.4) is 0 Å². The molecular weight excluding hydrogens is 168 g/mol. The molecule has 0 fully saturated rings. The van der Waals surface area contributed by atoms with Gasteiger partial charge in [-0.15, -0.1) is 11.3 Å². The number of aromatic hydroxyl groups is 1. The van der Waals surface area contributed by atoms with Crippen LogP contribution in [0.1, 0.15) is 0 Å². The predicted molar refractivity (Wildman–Crippen MR) is 50.3 cm³/mol. The van der Waals surface area contributed by atoms with Crippen LogP contribution < -0.4 is 0 Å². The Hall–Kier alpha value is -1.28.